The average molecular weight is 378 g/mol. The minimum absolute atomic E-state index is 0.337. The zero-order valence-corrected chi connectivity index (χ0v) is 18.4. The molecule has 3 nitrogen and oxygen atoms in total. The van der Waals surface area contributed by atoms with Gasteiger partial charge in [-0.25, -0.2) is 0 Å². The fraction of sp³-hybridized carbons (Fsp3) is 0.600. The van der Waals surface area contributed by atoms with Crippen LogP contribution in [0.1, 0.15) is 41.0 Å². The number of nitrogens with one attached hydrogen (secondary N) is 3. The first-order valence-corrected chi connectivity index (χ1v) is 10.5. The molecule has 0 saturated carbocycles. The Kier molecular flexibility index (Phi) is 24.7. The third kappa shape index (κ3) is 37.7. The Morgan fingerprint density at radius 1 is 1.00 bits per heavy atom. The van der Waals surface area contributed by atoms with Gasteiger partial charge in [-0.05, 0) is 38.3 Å². The third-order valence-corrected chi connectivity index (χ3v) is 3.19. The number of hydrogen-bond donors (Lipinski definition) is 3. The Bertz CT molecular complexity index is 409. The van der Waals surface area contributed by atoms with Gasteiger partial charge >= 0.3 is 0 Å². The quantitative estimate of drug-likeness (QED) is 0.208. The van der Waals surface area contributed by atoms with E-state index in [1.54, 1.807) is 7.00 Å². The van der Waals surface area contributed by atoms with E-state index < -0.39 is 0 Å². The molecule has 0 heterocycles. The molecule has 9 heteroatoms. The number of allylic oxidation sites excluding steroid dienone is 3. The summed E-state index contributed by atoms with van der Waals surface area (Å²) in [5.74, 6) is 1.86. The summed E-state index contributed by atoms with van der Waals surface area (Å²) in [5.41, 5.74) is 2.70. The van der Waals surface area contributed by atoms with Crippen LogP contribution in [0.3, 0.4) is 0 Å². The van der Waals surface area contributed by atoms with Crippen molar-refractivity contribution in [1.82, 2.24) is 0 Å². The van der Waals surface area contributed by atoms with Gasteiger partial charge in [-0.3, -0.25) is 15.5 Å². The Labute approximate surface area is 156 Å². The Balaban J connectivity index is -0.000000294. The summed E-state index contributed by atoms with van der Waals surface area (Å²) in [6.07, 6.45) is 4.73. The van der Waals surface area contributed by atoms with E-state index >= 15 is 0 Å². The molecule has 24 heavy (non-hydrogen) atoms. The normalized spacial score (nSPS) is 10.4. The molecule has 3 radical (unpaired) electrons. The predicted octanol–water partition coefficient (Wildman–Crippen LogP) is 7.88. The van der Waals surface area contributed by atoms with Gasteiger partial charge in [0.1, 0.15) is 0 Å². The van der Waals surface area contributed by atoms with Crippen LogP contribution in [-0.4, -0.2) is 21.0 Å². The molecule has 0 aliphatic carbocycles. The summed E-state index contributed by atoms with van der Waals surface area (Å²) in [5, 5.41) is 20.1. The molecule has 0 saturated heterocycles. The first kappa shape index (κ1) is 28.5. The van der Waals surface area contributed by atoms with E-state index in [-0.39, 0.29) is 0 Å². The minimum Gasteiger partial charge on any atom is -0.296 e. The monoisotopic (exact) mass is 378 g/mol. The summed E-state index contributed by atoms with van der Waals surface area (Å²) in [6, 6.07) is 0. The van der Waals surface area contributed by atoms with E-state index in [1.807, 2.05) is 39.9 Å². The van der Waals surface area contributed by atoms with Crippen molar-refractivity contribution in [2.24, 2.45) is 5.41 Å². The van der Waals surface area contributed by atoms with Crippen LogP contribution in [0.15, 0.2) is 36.4 Å². The van der Waals surface area contributed by atoms with Gasteiger partial charge in [-0.15, -0.1) is 25.2 Å². The van der Waals surface area contributed by atoms with Crippen LogP contribution in [0, 0.1) is 20.9 Å². The summed E-state index contributed by atoms with van der Waals surface area (Å²) in [6.45, 7) is 23.7. The fourth-order valence-electron chi connectivity index (χ4n) is 1.33. The average Bonchev–Trinajstić information content (AvgIpc) is 2.48. The summed E-state index contributed by atoms with van der Waals surface area (Å²) in [7, 11) is 1.80. The standard InChI is InChI=1S/C8H16BNP.C4H8BNP.C3H6BNP/c1-7(6-9-11-10)5-8(2,3)4;1-4(2)3-5-7-6;1-2-3-4-6-5/h10H,1,5-6H2,2-4H3;6H,1,3H2,2H3;2-3,5H,1H3/b;;3-2-. The molecule has 0 aromatic rings. The minimum atomic E-state index is 0.337. The molecular formula is C15H30B3N3P3. The van der Waals surface area contributed by atoms with Crippen molar-refractivity contribution in [3.05, 3.63) is 36.4 Å². The molecule has 129 valence electrons. The topological polar surface area (TPSA) is 71.6 Å². The van der Waals surface area contributed by atoms with Gasteiger partial charge in [0.25, 0.3) is 0 Å². The summed E-state index contributed by atoms with van der Waals surface area (Å²) < 4.78 is 0. The van der Waals surface area contributed by atoms with Gasteiger partial charge in [0.05, 0.1) is 0 Å². The zero-order valence-electron chi connectivity index (χ0n) is 15.8. The van der Waals surface area contributed by atoms with E-state index in [1.165, 1.54) is 5.57 Å². The number of rotatable bonds is 9. The molecule has 0 aliphatic rings. The van der Waals surface area contributed by atoms with Crippen molar-refractivity contribution >= 4 is 45.8 Å². The largest absolute Gasteiger partial charge is 0.296 e. The van der Waals surface area contributed by atoms with Crippen LogP contribution >= 0.6 is 24.8 Å². The second-order valence-electron chi connectivity index (χ2n) is 6.28. The molecule has 0 fully saturated rings. The molecule has 0 bridgehead atoms. The Morgan fingerprint density at radius 3 is 1.75 bits per heavy atom. The maximum Gasteiger partial charge on any atom is 0.237 e. The van der Waals surface area contributed by atoms with Crippen LogP contribution in [0.25, 0.3) is 0 Å². The second-order valence-corrected chi connectivity index (χ2v) is 8.08. The fourth-order valence-corrected chi connectivity index (χ4v) is 2.34. The van der Waals surface area contributed by atoms with Crippen LogP contribution in [0.4, 0.5) is 0 Å². The molecule has 0 rings (SSSR count). The van der Waals surface area contributed by atoms with Crippen LogP contribution in [0.5, 0.6) is 0 Å². The lowest BCUT2D eigenvalue weighted by molar-refractivity contribution is 0.410. The lowest BCUT2D eigenvalue weighted by atomic mass is 9.83. The van der Waals surface area contributed by atoms with Crippen molar-refractivity contribution in [3.63, 3.8) is 0 Å². The highest BCUT2D eigenvalue weighted by molar-refractivity contribution is 7.63. The highest BCUT2D eigenvalue weighted by Crippen LogP contribution is 2.25. The van der Waals surface area contributed by atoms with Gasteiger partial charge in [-0.2, -0.15) is 0 Å². The SMILES string of the molecule is C/C=C\[B]P=N.C=C(C)C[B]P=N.C=C(C[B]P=N)CC(C)(C)C. The molecule has 3 N–H and O–H groups in total. The van der Waals surface area contributed by atoms with Gasteiger partial charge in [-0.1, -0.05) is 56.7 Å². The molecule has 0 spiro atoms. The van der Waals surface area contributed by atoms with Crippen molar-refractivity contribution in [3.8, 4) is 0 Å². The smallest absolute Gasteiger partial charge is 0.237 e. The molecule has 0 unspecified atom stereocenters. The maximum absolute atomic E-state index is 6.90. The zero-order chi connectivity index (χ0) is 19.4. The van der Waals surface area contributed by atoms with E-state index in [4.69, 9.17) is 15.5 Å². The first-order valence-electron chi connectivity index (χ1n) is 7.63. The molecular weight excluding hydrogens is 348 g/mol. The van der Waals surface area contributed by atoms with E-state index in [0.29, 0.717) is 30.2 Å². The molecule has 0 aliphatic heterocycles. The van der Waals surface area contributed by atoms with Crippen molar-refractivity contribution in [2.75, 3.05) is 0 Å². The van der Waals surface area contributed by atoms with E-state index in [2.05, 4.69) is 33.9 Å². The van der Waals surface area contributed by atoms with Crippen LogP contribution in [0.2, 0.25) is 12.6 Å². The van der Waals surface area contributed by atoms with Gasteiger partial charge in [0.2, 0.25) is 21.0 Å². The lowest BCUT2D eigenvalue weighted by Gasteiger charge is -2.18. The molecule has 0 aromatic heterocycles. The van der Waals surface area contributed by atoms with Crippen molar-refractivity contribution in [1.29, 1.82) is 15.5 Å². The first-order chi connectivity index (χ1) is 11.1. The summed E-state index contributed by atoms with van der Waals surface area (Å²) >= 11 is 0. The molecule has 0 aromatic carbocycles. The van der Waals surface area contributed by atoms with Crippen molar-refractivity contribution < 1.29 is 0 Å². The van der Waals surface area contributed by atoms with Gasteiger partial charge in [0.15, 0.2) is 0 Å². The van der Waals surface area contributed by atoms with Gasteiger partial charge < -0.3 is 0 Å². The van der Waals surface area contributed by atoms with Crippen molar-refractivity contribution in [2.45, 2.75) is 53.7 Å². The predicted molar refractivity (Wildman–Crippen MR) is 119 cm³/mol. The van der Waals surface area contributed by atoms with Crippen LogP contribution < -0.4 is 0 Å². The third-order valence-electron chi connectivity index (χ3n) is 2.14. The van der Waals surface area contributed by atoms with Gasteiger partial charge in [0, 0.05) is 0 Å². The molecule has 0 atom stereocenters. The highest BCUT2D eigenvalue weighted by atomic mass is 31.1. The summed E-state index contributed by atoms with van der Waals surface area (Å²) in [4.78, 5) is 0. The molecule has 0 amide bonds. The van der Waals surface area contributed by atoms with E-state index in [0.717, 1.165) is 24.6 Å². The highest BCUT2D eigenvalue weighted by Gasteiger charge is 2.11. The lowest BCUT2D eigenvalue weighted by Crippen LogP contribution is -2.05. The number of hydrogen-bond acceptors (Lipinski definition) is 3. The Morgan fingerprint density at radius 2 is 1.50 bits per heavy atom. The second kappa shape index (κ2) is 20.8. The van der Waals surface area contributed by atoms with E-state index in [9.17, 15) is 0 Å². The maximum atomic E-state index is 6.90. The Hall–Kier alpha value is -0.285. The van der Waals surface area contributed by atoms with Crippen LogP contribution in [-0.2, 0) is 0 Å².